The minimum absolute atomic E-state index is 0.0352. The van der Waals surface area contributed by atoms with Gasteiger partial charge in [-0.05, 0) is 55.7 Å². The zero-order valence-corrected chi connectivity index (χ0v) is 30.3. The number of alkyl halides is 3. The van der Waals surface area contributed by atoms with E-state index in [0.29, 0.717) is 23.6 Å². The molecule has 0 amide bonds. The van der Waals surface area contributed by atoms with Crippen LogP contribution in [0.2, 0.25) is 5.02 Å². The molecule has 1 aliphatic rings. The lowest BCUT2D eigenvalue weighted by atomic mass is 10.0. The van der Waals surface area contributed by atoms with Crippen molar-refractivity contribution >= 4 is 51.9 Å². The van der Waals surface area contributed by atoms with Gasteiger partial charge in [0, 0.05) is 36.6 Å². The van der Waals surface area contributed by atoms with Gasteiger partial charge in [-0.2, -0.15) is 13.2 Å². The largest absolute Gasteiger partial charge is 0.480 e. The Morgan fingerprint density at radius 1 is 1.15 bits per heavy atom. The predicted octanol–water partition coefficient (Wildman–Crippen LogP) is 6.52. The quantitative estimate of drug-likeness (QED) is 0.0414. The highest BCUT2D eigenvalue weighted by molar-refractivity contribution is 7.90. The van der Waals surface area contributed by atoms with Gasteiger partial charge in [0.15, 0.2) is 28.7 Å². The number of carboxylic acid groups (broad SMARTS) is 1. The van der Waals surface area contributed by atoms with E-state index in [9.17, 15) is 45.9 Å². The molecule has 6 N–H and O–H groups in total. The monoisotopic (exact) mass is 804 g/mol. The molecule has 0 aliphatic heterocycles. The Hall–Kier alpha value is -4.81. The molecule has 5 rings (SSSR count). The van der Waals surface area contributed by atoms with E-state index in [4.69, 9.17) is 42.3 Å². The van der Waals surface area contributed by atoms with Crippen molar-refractivity contribution in [2.75, 3.05) is 24.8 Å². The first-order valence-corrected chi connectivity index (χ1v) is 19.7. The van der Waals surface area contributed by atoms with E-state index in [2.05, 4.69) is 5.16 Å². The smallest absolute Gasteiger partial charge is 0.416 e. The van der Waals surface area contributed by atoms with E-state index in [1.807, 2.05) is 6.07 Å². The molecule has 1 heterocycles. The van der Waals surface area contributed by atoms with Gasteiger partial charge in [-0.15, -0.1) is 0 Å². The van der Waals surface area contributed by atoms with Gasteiger partial charge in [0.25, 0.3) is 5.69 Å². The Kier molecular flexibility index (Phi) is 13.9. The number of hydrogen-bond donors (Lipinski definition) is 4. The molecular formula is C32H33ClF3N4O11PS. The molecule has 15 nitrogen and oxygen atoms in total. The van der Waals surface area contributed by atoms with Crippen LogP contribution in [0.1, 0.15) is 52.4 Å². The molecule has 0 saturated heterocycles. The van der Waals surface area contributed by atoms with Crippen molar-refractivity contribution in [1.29, 1.82) is 0 Å². The number of nitrogens with two attached hydrogens (primary N) is 2. The average Bonchev–Trinajstić information content (AvgIpc) is 3.80. The number of nitrogens with zero attached hydrogens (tertiary/aromatic N) is 2. The van der Waals surface area contributed by atoms with E-state index in [-0.39, 0.29) is 51.8 Å². The molecular weight excluding hydrogens is 772 g/mol. The standard InChI is InChI=1S/C15H12F3NO4S.C12H9ClN2O3.C5H12NO4P/c1-24(21,22)12-6-9(15(16,17)18)4-5-10(12)13(20)11-7-19-23-14(11)8-2-3-8;13-11-10(18-8-4-2-1-3-5-8)7-6-9(12(11)14)15(16)17;1-11(9,10)3-2-4(6)5(7)8/h4-8H,2-3H2,1H3;1-7H,14H2;4H,2-3,6H2,1H3,(H,7,8)(H,9,10). The summed E-state index contributed by atoms with van der Waals surface area (Å²) in [5.41, 5.74) is 8.97. The zero-order chi connectivity index (χ0) is 39.9. The summed E-state index contributed by atoms with van der Waals surface area (Å²) in [5, 5.41) is 22.5. The molecule has 3 aromatic carbocycles. The second-order valence-electron chi connectivity index (χ2n) is 11.7. The Balaban J connectivity index is 0.000000231. The molecule has 286 valence electrons. The second kappa shape index (κ2) is 17.3. The predicted molar refractivity (Wildman–Crippen MR) is 186 cm³/mol. The number of hydrogen-bond acceptors (Lipinski definition) is 12. The lowest BCUT2D eigenvalue weighted by Gasteiger charge is -2.11. The molecule has 0 radical (unpaired) electrons. The van der Waals surface area contributed by atoms with Gasteiger partial charge in [0.05, 0.1) is 27.1 Å². The number of benzene rings is 3. The van der Waals surface area contributed by atoms with E-state index >= 15 is 0 Å². The highest BCUT2D eigenvalue weighted by atomic mass is 35.5. The van der Waals surface area contributed by atoms with Crippen LogP contribution in [0, 0.1) is 10.1 Å². The number of halogens is 4. The minimum atomic E-state index is -4.71. The van der Waals surface area contributed by atoms with E-state index in [1.165, 1.54) is 25.0 Å². The first-order valence-electron chi connectivity index (χ1n) is 15.1. The summed E-state index contributed by atoms with van der Waals surface area (Å²) in [6.07, 6.45) is -1.14. The minimum Gasteiger partial charge on any atom is -0.480 e. The summed E-state index contributed by atoms with van der Waals surface area (Å²) in [6.45, 7) is 1.18. The molecule has 0 spiro atoms. The first-order chi connectivity index (χ1) is 24.5. The third-order valence-corrected chi connectivity index (χ3v) is 9.82. The number of carbonyl (C=O) groups excluding carboxylic acids is 1. The summed E-state index contributed by atoms with van der Waals surface area (Å²) in [6, 6.07) is 12.6. The number of ketones is 1. The number of nitro benzene ring substituents is 1. The van der Waals surface area contributed by atoms with Crippen LogP contribution in [-0.4, -0.2) is 65.4 Å². The van der Waals surface area contributed by atoms with Crippen LogP contribution in [0.25, 0.3) is 0 Å². The summed E-state index contributed by atoms with van der Waals surface area (Å²) < 4.78 is 83.4. The van der Waals surface area contributed by atoms with Crippen molar-refractivity contribution in [2.24, 2.45) is 5.73 Å². The molecule has 21 heteroatoms. The number of anilines is 1. The van der Waals surface area contributed by atoms with Crippen LogP contribution in [0.4, 0.5) is 24.5 Å². The van der Waals surface area contributed by atoms with Crippen LogP contribution in [-0.2, 0) is 25.4 Å². The molecule has 1 fully saturated rings. The van der Waals surface area contributed by atoms with Crippen molar-refractivity contribution in [3.63, 3.8) is 0 Å². The third kappa shape index (κ3) is 12.4. The normalized spacial score (nSPS) is 14.3. The fourth-order valence-corrected chi connectivity index (χ4v) is 6.17. The number of nitrogen functional groups attached to an aromatic ring is 1. The number of sulfone groups is 1. The fraction of sp³-hybridized carbons (Fsp3) is 0.281. The second-order valence-corrected chi connectivity index (χ2v) is 16.6. The van der Waals surface area contributed by atoms with E-state index < -0.39 is 56.6 Å². The number of carboxylic acids is 1. The molecule has 1 aromatic heterocycles. The van der Waals surface area contributed by atoms with Crippen LogP contribution >= 0.6 is 19.0 Å². The topological polar surface area (TPSA) is 256 Å². The lowest BCUT2D eigenvalue weighted by molar-refractivity contribution is -0.383. The van der Waals surface area contributed by atoms with Crippen LogP contribution < -0.4 is 16.2 Å². The van der Waals surface area contributed by atoms with Crippen molar-refractivity contribution in [2.45, 2.75) is 42.3 Å². The zero-order valence-electron chi connectivity index (χ0n) is 27.8. The molecule has 1 saturated carbocycles. The summed E-state index contributed by atoms with van der Waals surface area (Å²) >= 11 is 5.94. The number of aromatic nitrogens is 1. The Morgan fingerprint density at radius 3 is 2.28 bits per heavy atom. The highest BCUT2D eigenvalue weighted by Gasteiger charge is 2.36. The Morgan fingerprint density at radius 2 is 1.77 bits per heavy atom. The Bertz CT molecular complexity index is 2120. The maximum Gasteiger partial charge on any atom is 0.416 e. The third-order valence-electron chi connectivity index (χ3n) is 7.21. The molecule has 4 aromatic rings. The number of para-hydroxylation sites is 1. The number of carbonyl (C=O) groups is 2. The van der Waals surface area contributed by atoms with Crippen molar-refractivity contribution in [3.05, 3.63) is 104 Å². The lowest BCUT2D eigenvalue weighted by Crippen LogP contribution is -2.30. The van der Waals surface area contributed by atoms with Gasteiger partial charge >= 0.3 is 12.1 Å². The maximum atomic E-state index is 12.8. The fourth-order valence-electron chi connectivity index (χ4n) is 4.32. The summed E-state index contributed by atoms with van der Waals surface area (Å²) in [5.74, 6) is -0.605. The van der Waals surface area contributed by atoms with Gasteiger partial charge in [0.1, 0.15) is 28.3 Å². The van der Waals surface area contributed by atoms with E-state index in [0.717, 1.165) is 25.2 Å². The van der Waals surface area contributed by atoms with Crippen molar-refractivity contribution in [3.8, 4) is 11.5 Å². The first kappa shape index (κ1) is 42.6. The summed E-state index contributed by atoms with van der Waals surface area (Å²) in [4.78, 5) is 40.9. The number of nitro groups is 1. The van der Waals surface area contributed by atoms with Crippen molar-refractivity contribution < 1.29 is 59.9 Å². The van der Waals surface area contributed by atoms with Crippen LogP contribution in [0.5, 0.6) is 11.5 Å². The molecule has 1 aliphatic carbocycles. The number of ether oxygens (including phenoxy) is 1. The van der Waals surface area contributed by atoms with Crippen LogP contribution in [0.3, 0.4) is 0 Å². The molecule has 0 bridgehead atoms. The summed E-state index contributed by atoms with van der Waals surface area (Å²) in [7, 11) is -7.14. The van der Waals surface area contributed by atoms with E-state index in [1.54, 1.807) is 24.3 Å². The highest BCUT2D eigenvalue weighted by Crippen LogP contribution is 2.43. The van der Waals surface area contributed by atoms with Gasteiger partial charge in [0.2, 0.25) is 0 Å². The SMILES string of the molecule is CP(=O)(O)CCC(N)C(=O)O.CS(=O)(=O)c1cc(C(F)(F)F)ccc1C(=O)c1cnoc1C1CC1.Nc1c([N+](=O)[O-])ccc(Oc2ccccc2)c1Cl. The van der Waals surface area contributed by atoms with Gasteiger partial charge in [-0.3, -0.25) is 24.3 Å². The van der Waals surface area contributed by atoms with Crippen molar-refractivity contribution in [1.82, 2.24) is 5.16 Å². The van der Waals surface area contributed by atoms with Gasteiger partial charge in [-0.25, -0.2) is 8.42 Å². The Labute approximate surface area is 305 Å². The van der Waals surface area contributed by atoms with Crippen LogP contribution in [0.15, 0.2) is 76.3 Å². The molecule has 53 heavy (non-hydrogen) atoms. The average molecular weight is 805 g/mol. The van der Waals surface area contributed by atoms with Gasteiger partial charge in [-0.1, -0.05) is 35.0 Å². The van der Waals surface area contributed by atoms with Gasteiger partial charge < -0.3 is 30.7 Å². The maximum absolute atomic E-state index is 12.8. The molecule has 2 unspecified atom stereocenters. The molecule has 2 atom stereocenters. The number of rotatable bonds is 11. The number of aliphatic carboxylic acids is 1.